The number of carbonyl (C=O) groups excluding carboxylic acids is 1. The smallest absolute Gasteiger partial charge is 0.240 e. The predicted octanol–water partition coefficient (Wildman–Crippen LogP) is 2.72. The second-order valence-electron chi connectivity index (χ2n) is 5.35. The molecule has 108 valence electrons. The zero-order chi connectivity index (χ0) is 15.0. The summed E-state index contributed by atoms with van der Waals surface area (Å²) >= 11 is 6.22. The van der Waals surface area contributed by atoms with Crippen LogP contribution in [0.4, 0.5) is 0 Å². The van der Waals surface area contributed by atoms with Crippen molar-refractivity contribution in [1.29, 1.82) is 0 Å². The fourth-order valence-electron chi connectivity index (χ4n) is 2.44. The van der Waals surface area contributed by atoms with Crippen LogP contribution < -0.4 is 5.73 Å². The molecule has 0 saturated carbocycles. The van der Waals surface area contributed by atoms with E-state index in [2.05, 4.69) is 9.97 Å². The fourth-order valence-corrected chi connectivity index (χ4v) is 2.59. The fraction of sp³-hybridized carbons (Fsp3) is 0.500. The Hall–Kier alpha value is -1.62. The number of halogens is 1. The number of fused-ring (bicyclic) bond motifs is 1. The van der Waals surface area contributed by atoms with Gasteiger partial charge in [0.1, 0.15) is 17.4 Å². The van der Waals surface area contributed by atoms with E-state index in [1.165, 1.54) is 0 Å². The Labute approximate surface area is 123 Å². The van der Waals surface area contributed by atoms with Crippen molar-refractivity contribution in [1.82, 2.24) is 14.5 Å². The highest BCUT2D eigenvalue weighted by molar-refractivity contribution is 6.20. The maximum absolute atomic E-state index is 11.8. The van der Waals surface area contributed by atoms with Gasteiger partial charge in [-0.2, -0.15) is 0 Å². The standard InChI is InChI=1S/C14H19ClN4O/c1-7(2)11(12(16)20)19-13(9(4)15)18-10-8(3)5-6-17-14(10)19/h5-7,9,11H,1-4H3,(H2,16,20). The quantitative estimate of drug-likeness (QED) is 0.881. The van der Waals surface area contributed by atoms with Crippen molar-refractivity contribution in [2.75, 3.05) is 0 Å². The van der Waals surface area contributed by atoms with Gasteiger partial charge in [0, 0.05) is 6.20 Å². The number of nitrogens with two attached hydrogens (primary N) is 1. The molecule has 20 heavy (non-hydrogen) atoms. The van der Waals surface area contributed by atoms with Crippen molar-refractivity contribution in [2.24, 2.45) is 11.7 Å². The Morgan fingerprint density at radius 1 is 1.40 bits per heavy atom. The van der Waals surface area contributed by atoms with E-state index in [4.69, 9.17) is 17.3 Å². The maximum Gasteiger partial charge on any atom is 0.240 e. The number of aryl methyl sites for hydroxylation is 1. The summed E-state index contributed by atoms with van der Waals surface area (Å²) in [5.74, 6) is 0.253. The lowest BCUT2D eigenvalue weighted by Crippen LogP contribution is -2.31. The molecule has 0 aliphatic heterocycles. The number of amides is 1. The van der Waals surface area contributed by atoms with E-state index >= 15 is 0 Å². The molecule has 0 aliphatic rings. The van der Waals surface area contributed by atoms with Gasteiger partial charge >= 0.3 is 0 Å². The van der Waals surface area contributed by atoms with Crippen LogP contribution in [-0.4, -0.2) is 20.4 Å². The van der Waals surface area contributed by atoms with Crippen LogP contribution in [0.25, 0.3) is 11.2 Å². The molecule has 2 N–H and O–H groups in total. The third kappa shape index (κ3) is 2.38. The molecule has 0 fully saturated rings. The van der Waals surface area contributed by atoms with Crippen LogP contribution in [0.15, 0.2) is 12.3 Å². The van der Waals surface area contributed by atoms with Crippen molar-refractivity contribution in [3.8, 4) is 0 Å². The van der Waals surface area contributed by atoms with Gasteiger partial charge in [-0.25, -0.2) is 9.97 Å². The number of hydrogen-bond acceptors (Lipinski definition) is 3. The molecular weight excluding hydrogens is 276 g/mol. The summed E-state index contributed by atoms with van der Waals surface area (Å²) in [5.41, 5.74) is 7.99. The van der Waals surface area contributed by atoms with Crippen LogP contribution in [0.5, 0.6) is 0 Å². The van der Waals surface area contributed by atoms with Gasteiger partial charge in [0.25, 0.3) is 0 Å². The van der Waals surface area contributed by atoms with E-state index in [0.29, 0.717) is 11.5 Å². The van der Waals surface area contributed by atoms with E-state index in [1.807, 2.05) is 33.8 Å². The Morgan fingerprint density at radius 3 is 2.55 bits per heavy atom. The minimum absolute atomic E-state index is 0.0291. The van der Waals surface area contributed by atoms with Gasteiger partial charge in [0.15, 0.2) is 5.65 Å². The molecule has 0 radical (unpaired) electrons. The number of rotatable bonds is 4. The van der Waals surface area contributed by atoms with E-state index in [1.54, 1.807) is 10.8 Å². The lowest BCUT2D eigenvalue weighted by atomic mass is 10.0. The number of carbonyl (C=O) groups is 1. The Bertz CT molecular complexity index is 648. The molecule has 0 spiro atoms. The molecule has 0 saturated heterocycles. The molecule has 5 nitrogen and oxygen atoms in total. The lowest BCUT2D eigenvalue weighted by Gasteiger charge is -2.22. The summed E-state index contributed by atoms with van der Waals surface area (Å²) in [6.07, 6.45) is 1.71. The molecule has 2 aromatic rings. The van der Waals surface area contributed by atoms with E-state index in [-0.39, 0.29) is 11.3 Å². The number of imidazole rings is 1. The SMILES string of the molecule is Cc1ccnc2c1nc(C(C)Cl)n2C(C(N)=O)C(C)C. The van der Waals surface area contributed by atoms with Gasteiger partial charge in [-0.05, 0) is 31.4 Å². The van der Waals surface area contributed by atoms with Gasteiger partial charge in [-0.15, -0.1) is 11.6 Å². The third-order valence-corrected chi connectivity index (χ3v) is 3.56. The first-order valence-corrected chi connectivity index (χ1v) is 7.05. The van der Waals surface area contributed by atoms with Gasteiger partial charge in [-0.1, -0.05) is 13.8 Å². The first kappa shape index (κ1) is 14.8. The van der Waals surface area contributed by atoms with Crippen molar-refractivity contribution in [3.05, 3.63) is 23.7 Å². The number of aromatic nitrogens is 3. The summed E-state index contributed by atoms with van der Waals surface area (Å²) in [6.45, 7) is 7.67. The first-order chi connectivity index (χ1) is 9.34. The molecule has 2 atom stereocenters. The average molecular weight is 295 g/mol. The number of pyridine rings is 1. The molecule has 0 aromatic carbocycles. The van der Waals surface area contributed by atoms with Crippen LogP contribution >= 0.6 is 11.6 Å². The molecule has 0 bridgehead atoms. The predicted molar refractivity (Wildman–Crippen MR) is 79.6 cm³/mol. The van der Waals surface area contributed by atoms with Crippen LogP contribution in [-0.2, 0) is 4.79 Å². The second kappa shape index (κ2) is 5.40. The topological polar surface area (TPSA) is 73.8 Å². The lowest BCUT2D eigenvalue weighted by molar-refractivity contribution is -0.122. The highest BCUT2D eigenvalue weighted by Crippen LogP contribution is 2.31. The molecule has 2 aromatic heterocycles. The van der Waals surface area contributed by atoms with E-state index < -0.39 is 11.9 Å². The minimum atomic E-state index is -0.509. The number of primary amides is 1. The average Bonchev–Trinajstić information content (AvgIpc) is 2.70. The highest BCUT2D eigenvalue weighted by atomic mass is 35.5. The van der Waals surface area contributed by atoms with Crippen molar-refractivity contribution in [2.45, 2.75) is 39.1 Å². The summed E-state index contributed by atoms with van der Waals surface area (Å²) in [6, 6.07) is 1.38. The van der Waals surface area contributed by atoms with Crippen LogP contribution in [0.2, 0.25) is 0 Å². The zero-order valence-electron chi connectivity index (χ0n) is 12.1. The molecule has 2 unspecified atom stereocenters. The summed E-state index contributed by atoms with van der Waals surface area (Å²) < 4.78 is 1.78. The Balaban J connectivity index is 2.81. The summed E-state index contributed by atoms with van der Waals surface area (Å²) in [5, 5.41) is -0.329. The molecule has 2 rings (SSSR count). The summed E-state index contributed by atoms with van der Waals surface area (Å²) in [4.78, 5) is 20.8. The van der Waals surface area contributed by atoms with Gasteiger partial charge in [-0.3, -0.25) is 9.36 Å². The zero-order valence-corrected chi connectivity index (χ0v) is 12.8. The van der Waals surface area contributed by atoms with Crippen molar-refractivity contribution >= 4 is 28.7 Å². The summed E-state index contributed by atoms with van der Waals surface area (Å²) in [7, 11) is 0. The second-order valence-corrected chi connectivity index (χ2v) is 6.00. The molecule has 6 heteroatoms. The number of hydrogen-bond donors (Lipinski definition) is 1. The van der Waals surface area contributed by atoms with Crippen molar-refractivity contribution in [3.63, 3.8) is 0 Å². The van der Waals surface area contributed by atoms with Crippen LogP contribution in [0.3, 0.4) is 0 Å². The van der Waals surface area contributed by atoms with Gasteiger partial charge in [0.05, 0.1) is 5.38 Å². The largest absolute Gasteiger partial charge is 0.368 e. The van der Waals surface area contributed by atoms with Gasteiger partial charge < -0.3 is 5.73 Å². The molecule has 2 heterocycles. The van der Waals surface area contributed by atoms with Crippen molar-refractivity contribution < 1.29 is 4.79 Å². The van der Waals surface area contributed by atoms with E-state index in [0.717, 1.165) is 11.1 Å². The molecule has 1 amide bonds. The molecule has 0 aliphatic carbocycles. The number of alkyl halides is 1. The van der Waals surface area contributed by atoms with E-state index in [9.17, 15) is 4.79 Å². The Morgan fingerprint density at radius 2 is 2.05 bits per heavy atom. The van der Waals surface area contributed by atoms with Gasteiger partial charge in [0.2, 0.25) is 5.91 Å². The van der Waals surface area contributed by atoms with Crippen LogP contribution in [0, 0.1) is 12.8 Å². The normalized spacial score (nSPS) is 14.7. The number of nitrogens with zero attached hydrogens (tertiary/aromatic N) is 3. The highest BCUT2D eigenvalue weighted by Gasteiger charge is 2.29. The van der Waals surface area contributed by atoms with Crippen LogP contribution in [0.1, 0.15) is 43.6 Å². The first-order valence-electron chi connectivity index (χ1n) is 6.61. The minimum Gasteiger partial charge on any atom is -0.368 e. The maximum atomic E-state index is 11.8. The molecular formula is C14H19ClN4O. The Kier molecular flexibility index (Phi) is 3.99. The monoisotopic (exact) mass is 294 g/mol. The third-order valence-electron chi connectivity index (χ3n) is 3.36.